The van der Waals surface area contributed by atoms with Gasteiger partial charge in [0, 0.05) is 25.7 Å². The fraction of sp³-hybridized carbons (Fsp3) is 0.300. The van der Waals surface area contributed by atoms with Crippen LogP contribution in [-0.4, -0.2) is 61.6 Å². The van der Waals surface area contributed by atoms with Crippen LogP contribution in [0.4, 0.5) is 0 Å². The van der Waals surface area contributed by atoms with E-state index in [2.05, 4.69) is 41.9 Å². The molecule has 2 aromatic heterocycles. The number of piperazine rings is 1. The number of hydrogen-bond donors (Lipinski definition) is 0. The van der Waals surface area contributed by atoms with Crippen molar-refractivity contribution in [2.24, 2.45) is 0 Å². The van der Waals surface area contributed by atoms with Crippen LogP contribution in [-0.2, 0) is 0 Å². The van der Waals surface area contributed by atoms with E-state index in [1.54, 1.807) is 22.0 Å². The Morgan fingerprint density at radius 2 is 1.83 bits per heavy atom. The predicted octanol–water partition coefficient (Wildman–Crippen LogP) is 3.52. The van der Waals surface area contributed by atoms with Crippen molar-refractivity contribution in [2.45, 2.75) is 18.4 Å². The number of halogens is 2. The number of aromatic nitrogens is 3. The highest BCUT2D eigenvalue weighted by Crippen LogP contribution is 2.45. The third-order valence-electron chi connectivity index (χ3n) is 5.57. The molecule has 3 heterocycles. The molecule has 10 heteroatoms. The van der Waals surface area contributed by atoms with Gasteiger partial charge in [0.05, 0.1) is 15.7 Å². The van der Waals surface area contributed by atoms with Crippen LogP contribution >= 0.6 is 31.9 Å². The summed E-state index contributed by atoms with van der Waals surface area (Å²) >= 11 is 6.60. The summed E-state index contributed by atoms with van der Waals surface area (Å²) < 4.78 is 8.26. The standard InChI is InChI=1S/C20H17Br2N5O3/c21-14-10-15(30-16(14)22)18(28)25-8-9-26(20(11-25)6-7-20)19(29)17-23-12-27(24-17)13-4-2-1-3-5-13/h1-5,10,12H,6-9,11H2. The van der Waals surface area contributed by atoms with Crippen LogP contribution in [0.25, 0.3) is 5.69 Å². The van der Waals surface area contributed by atoms with Crippen molar-refractivity contribution in [1.82, 2.24) is 24.6 Å². The van der Waals surface area contributed by atoms with Crippen LogP contribution in [0, 0.1) is 0 Å². The number of furan rings is 1. The topological polar surface area (TPSA) is 84.5 Å². The minimum atomic E-state index is -0.343. The lowest BCUT2D eigenvalue weighted by molar-refractivity contribution is 0.0311. The summed E-state index contributed by atoms with van der Waals surface area (Å²) in [6.07, 6.45) is 3.26. The first-order valence-corrected chi connectivity index (χ1v) is 11.1. The smallest absolute Gasteiger partial charge is 0.294 e. The summed E-state index contributed by atoms with van der Waals surface area (Å²) in [4.78, 5) is 33.8. The molecule has 5 rings (SSSR count). The second-order valence-electron chi connectivity index (χ2n) is 7.49. The third kappa shape index (κ3) is 3.37. The van der Waals surface area contributed by atoms with E-state index >= 15 is 0 Å². The maximum Gasteiger partial charge on any atom is 0.294 e. The molecule has 1 aliphatic carbocycles. The van der Waals surface area contributed by atoms with Crippen LogP contribution in [0.5, 0.6) is 0 Å². The lowest BCUT2D eigenvalue weighted by Crippen LogP contribution is -2.58. The average molecular weight is 535 g/mol. The minimum absolute atomic E-state index is 0.170. The lowest BCUT2D eigenvalue weighted by Gasteiger charge is -2.41. The summed E-state index contributed by atoms with van der Waals surface area (Å²) in [5.74, 6) is 0.0698. The molecular weight excluding hydrogens is 518 g/mol. The Bertz CT molecular complexity index is 1100. The Morgan fingerprint density at radius 3 is 2.50 bits per heavy atom. The van der Waals surface area contributed by atoms with Crippen molar-refractivity contribution in [3.05, 3.63) is 63.5 Å². The van der Waals surface area contributed by atoms with Crippen molar-refractivity contribution in [3.63, 3.8) is 0 Å². The quantitative estimate of drug-likeness (QED) is 0.513. The number of benzene rings is 1. The summed E-state index contributed by atoms with van der Waals surface area (Å²) in [7, 11) is 0. The van der Waals surface area contributed by atoms with Crippen molar-refractivity contribution in [2.75, 3.05) is 19.6 Å². The lowest BCUT2D eigenvalue weighted by atomic mass is 10.1. The number of amides is 2. The highest BCUT2D eigenvalue weighted by atomic mass is 79.9. The average Bonchev–Trinajstić information content (AvgIpc) is 3.19. The van der Waals surface area contributed by atoms with Gasteiger partial charge in [-0.1, -0.05) is 18.2 Å². The SMILES string of the molecule is O=C(c1cc(Br)c(Br)o1)N1CCN(C(=O)c2ncn(-c3ccccc3)n2)C2(CC2)C1. The van der Waals surface area contributed by atoms with Gasteiger partial charge >= 0.3 is 0 Å². The Labute approximate surface area is 189 Å². The van der Waals surface area contributed by atoms with E-state index in [1.165, 1.54) is 0 Å². The number of nitrogens with zero attached hydrogens (tertiary/aromatic N) is 5. The molecule has 30 heavy (non-hydrogen) atoms. The number of carbonyl (C=O) groups is 2. The number of para-hydroxylation sites is 1. The van der Waals surface area contributed by atoms with Gasteiger partial charge in [0.2, 0.25) is 5.82 Å². The zero-order valence-corrected chi connectivity index (χ0v) is 19.0. The molecule has 2 aliphatic rings. The minimum Gasteiger partial charge on any atom is -0.443 e. The van der Waals surface area contributed by atoms with Crippen LogP contribution in [0.15, 0.2) is 56.3 Å². The highest BCUT2D eigenvalue weighted by molar-refractivity contribution is 9.13. The van der Waals surface area contributed by atoms with Gasteiger partial charge in [0.15, 0.2) is 10.4 Å². The molecule has 1 spiro atoms. The molecule has 1 aliphatic heterocycles. The first-order chi connectivity index (χ1) is 14.5. The molecule has 0 radical (unpaired) electrons. The van der Waals surface area contributed by atoms with E-state index in [9.17, 15) is 9.59 Å². The molecule has 8 nitrogen and oxygen atoms in total. The number of carbonyl (C=O) groups excluding carboxylic acids is 2. The molecule has 1 aromatic carbocycles. The van der Waals surface area contributed by atoms with Gasteiger partial charge in [-0.2, -0.15) is 0 Å². The molecule has 0 bridgehead atoms. The van der Waals surface area contributed by atoms with Crippen LogP contribution in [0.2, 0.25) is 0 Å². The summed E-state index contributed by atoms with van der Waals surface area (Å²) in [6, 6.07) is 11.2. The van der Waals surface area contributed by atoms with Crippen molar-refractivity contribution >= 4 is 43.7 Å². The van der Waals surface area contributed by atoms with Gasteiger partial charge in [-0.3, -0.25) is 9.59 Å². The summed E-state index contributed by atoms with van der Waals surface area (Å²) in [6.45, 7) is 1.35. The monoisotopic (exact) mass is 533 g/mol. The van der Waals surface area contributed by atoms with Gasteiger partial charge in [0.1, 0.15) is 6.33 Å². The zero-order valence-electron chi connectivity index (χ0n) is 15.8. The fourth-order valence-corrected chi connectivity index (χ4v) is 4.41. The maximum atomic E-state index is 13.1. The summed E-state index contributed by atoms with van der Waals surface area (Å²) in [5, 5.41) is 4.37. The zero-order chi connectivity index (χ0) is 20.9. The van der Waals surface area contributed by atoms with Gasteiger partial charge < -0.3 is 14.2 Å². The van der Waals surface area contributed by atoms with E-state index in [1.807, 2.05) is 35.2 Å². The molecule has 0 atom stereocenters. The van der Waals surface area contributed by atoms with E-state index in [0.717, 1.165) is 18.5 Å². The largest absolute Gasteiger partial charge is 0.443 e. The number of rotatable bonds is 3. The van der Waals surface area contributed by atoms with Crippen LogP contribution < -0.4 is 0 Å². The molecule has 1 saturated heterocycles. The molecule has 0 N–H and O–H groups in total. The molecule has 3 aromatic rings. The van der Waals surface area contributed by atoms with Crippen molar-refractivity contribution in [1.29, 1.82) is 0 Å². The van der Waals surface area contributed by atoms with Crippen molar-refractivity contribution < 1.29 is 14.0 Å². The molecular formula is C20H17Br2N5O3. The highest BCUT2D eigenvalue weighted by Gasteiger charge is 2.54. The van der Waals surface area contributed by atoms with Gasteiger partial charge in [-0.05, 0) is 56.8 Å². The van der Waals surface area contributed by atoms with E-state index in [0.29, 0.717) is 28.8 Å². The predicted molar refractivity (Wildman–Crippen MR) is 114 cm³/mol. The normalized spacial score (nSPS) is 17.4. The van der Waals surface area contributed by atoms with E-state index < -0.39 is 0 Å². The molecule has 2 fully saturated rings. The Morgan fingerprint density at radius 1 is 1.07 bits per heavy atom. The Kier molecular flexibility index (Phi) is 4.78. The molecule has 1 saturated carbocycles. The molecule has 0 unspecified atom stereocenters. The first kappa shape index (κ1) is 19.5. The van der Waals surface area contributed by atoms with Crippen LogP contribution in [0.3, 0.4) is 0 Å². The fourth-order valence-electron chi connectivity index (χ4n) is 3.83. The second kappa shape index (κ2) is 7.35. The van der Waals surface area contributed by atoms with Gasteiger partial charge in [-0.25, -0.2) is 9.67 Å². The van der Waals surface area contributed by atoms with Crippen LogP contribution in [0.1, 0.15) is 34.0 Å². The maximum absolute atomic E-state index is 13.1. The van der Waals surface area contributed by atoms with E-state index in [4.69, 9.17) is 4.42 Å². The second-order valence-corrected chi connectivity index (χ2v) is 9.06. The van der Waals surface area contributed by atoms with Gasteiger partial charge in [-0.15, -0.1) is 5.10 Å². The molecule has 154 valence electrons. The molecule has 2 amide bonds. The van der Waals surface area contributed by atoms with E-state index in [-0.39, 0.29) is 28.9 Å². The first-order valence-electron chi connectivity index (χ1n) is 9.50. The Hall–Kier alpha value is -2.46. The van der Waals surface area contributed by atoms with Crippen molar-refractivity contribution in [3.8, 4) is 5.69 Å². The summed E-state index contributed by atoms with van der Waals surface area (Å²) in [5.41, 5.74) is 0.501. The Balaban J connectivity index is 1.32. The number of hydrogen-bond acceptors (Lipinski definition) is 5. The van der Waals surface area contributed by atoms with Gasteiger partial charge in [0.25, 0.3) is 11.8 Å². The third-order valence-corrected chi connectivity index (χ3v) is 7.28.